The van der Waals surface area contributed by atoms with Crippen molar-refractivity contribution in [2.45, 2.75) is 31.9 Å². The highest BCUT2D eigenvalue weighted by atomic mass is 19.4. The Labute approximate surface area is 203 Å². The molecule has 5 heterocycles. The molecule has 188 valence electrons. The molecule has 0 radical (unpaired) electrons. The largest absolute Gasteiger partial charge is 0.490 e. The number of pyridine rings is 2. The van der Waals surface area contributed by atoms with Crippen LogP contribution >= 0.6 is 0 Å². The normalized spacial score (nSPS) is 15.9. The lowest BCUT2D eigenvalue weighted by molar-refractivity contribution is -0.192. The van der Waals surface area contributed by atoms with Gasteiger partial charge in [0, 0.05) is 48.7 Å². The van der Waals surface area contributed by atoms with Crippen LogP contribution in [-0.2, 0) is 4.79 Å². The van der Waals surface area contributed by atoms with Crippen LogP contribution in [0, 0.1) is 6.92 Å². The average molecular weight is 501 g/mol. The number of carboxylic acids is 1. The van der Waals surface area contributed by atoms with Crippen LogP contribution in [0.15, 0.2) is 59.4 Å². The van der Waals surface area contributed by atoms with Gasteiger partial charge in [-0.05, 0) is 50.1 Å². The molecule has 0 bridgehead atoms. The van der Waals surface area contributed by atoms with Gasteiger partial charge in [0.15, 0.2) is 17.2 Å². The molecule has 1 aliphatic heterocycles. The maximum absolute atomic E-state index is 12.7. The number of aryl methyl sites for hydroxylation is 1. The van der Waals surface area contributed by atoms with Crippen LogP contribution in [-0.4, -0.2) is 60.7 Å². The number of rotatable bonds is 3. The van der Waals surface area contributed by atoms with E-state index in [1.54, 1.807) is 12.3 Å². The topological polar surface area (TPSA) is 114 Å². The Hall–Kier alpha value is -4.22. The Balaban J connectivity index is 0.000000384. The van der Waals surface area contributed by atoms with E-state index in [1.165, 1.54) is 0 Å². The number of fused-ring (bicyclic) bond motifs is 1. The van der Waals surface area contributed by atoms with Crippen molar-refractivity contribution in [2.75, 3.05) is 13.1 Å². The van der Waals surface area contributed by atoms with Crippen molar-refractivity contribution in [2.24, 2.45) is 0 Å². The third kappa shape index (κ3) is 5.70. The number of amides is 1. The summed E-state index contributed by atoms with van der Waals surface area (Å²) in [6, 6.07) is 11.5. The van der Waals surface area contributed by atoms with Crippen LogP contribution in [0.5, 0.6) is 0 Å². The van der Waals surface area contributed by atoms with E-state index in [9.17, 15) is 18.0 Å². The summed E-state index contributed by atoms with van der Waals surface area (Å²) in [5.74, 6) is -0.787. The fourth-order valence-electron chi connectivity index (χ4n) is 3.86. The standard InChI is InChI=1S/C22H21N5O2.C2HF3O2/c1-15-6-8-19(29-15)22(28)26-11-3-5-18(13-26)21-24-20-9-7-17(14-27(20)25-21)16-4-2-10-23-12-16;3-2(4,5)1(6)7/h2,4,6-10,12,14,18H,3,5,11,13H2,1H3;(H,6,7). The maximum atomic E-state index is 12.7. The van der Waals surface area contributed by atoms with Crippen molar-refractivity contribution >= 4 is 17.5 Å². The predicted octanol–water partition coefficient (Wildman–Crippen LogP) is 4.35. The average Bonchev–Trinajstić information content (AvgIpc) is 3.50. The number of hydrogen-bond donors (Lipinski definition) is 1. The number of hydrogen-bond acceptors (Lipinski definition) is 6. The zero-order valence-electron chi connectivity index (χ0n) is 19.1. The van der Waals surface area contributed by atoms with Gasteiger partial charge in [-0.2, -0.15) is 18.3 Å². The van der Waals surface area contributed by atoms with Crippen molar-refractivity contribution in [3.8, 4) is 11.1 Å². The molecule has 1 N–H and O–H groups in total. The van der Waals surface area contributed by atoms with E-state index in [0.717, 1.165) is 47.7 Å². The molecular formula is C24H22F3N5O4. The third-order valence-electron chi connectivity index (χ3n) is 5.61. The Morgan fingerprint density at radius 2 is 1.92 bits per heavy atom. The van der Waals surface area contributed by atoms with E-state index < -0.39 is 12.1 Å². The minimum atomic E-state index is -5.08. The van der Waals surface area contributed by atoms with Crippen LogP contribution in [0.4, 0.5) is 13.2 Å². The van der Waals surface area contributed by atoms with Gasteiger partial charge in [-0.1, -0.05) is 6.07 Å². The SMILES string of the molecule is Cc1ccc(C(=O)N2CCCC(c3nc4ccc(-c5cccnc5)cn4n3)C2)o1.O=C(O)C(F)(F)F. The van der Waals surface area contributed by atoms with Crippen LogP contribution in [0.3, 0.4) is 0 Å². The van der Waals surface area contributed by atoms with Crippen molar-refractivity contribution in [3.63, 3.8) is 0 Å². The van der Waals surface area contributed by atoms with Gasteiger partial charge in [0.25, 0.3) is 5.91 Å². The van der Waals surface area contributed by atoms with Crippen LogP contribution < -0.4 is 0 Å². The summed E-state index contributed by atoms with van der Waals surface area (Å²) in [7, 11) is 0. The molecule has 4 aromatic rings. The molecule has 1 unspecified atom stereocenters. The number of piperidine rings is 1. The second-order valence-corrected chi connectivity index (χ2v) is 8.24. The molecule has 1 saturated heterocycles. The van der Waals surface area contributed by atoms with E-state index in [0.29, 0.717) is 12.3 Å². The van der Waals surface area contributed by atoms with Gasteiger partial charge in [-0.25, -0.2) is 14.3 Å². The molecule has 0 aliphatic carbocycles. The first kappa shape index (κ1) is 24.9. The Morgan fingerprint density at radius 1 is 1.14 bits per heavy atom. The number of likely N-dealkylation sites (tertiary alicyclic amines) is 1. The first-order valence-corrected chi connectivity index (χ1v) is 11.0. The summed E-state index contributed by atoms with van der Waals surface area (Å²) >= 11 is 0. The fourth-order valence-corrected chi connectivity index (χ4v) is 3.86. The molecule has 4 aromatic heterocycles. The van der Waals surface area contributed by atoms with Crippen LogP contribution in [0.2, 0.25) is 0 Å². The summed E-state index contributed by atoms with van der Waals surface area (Å²) in [6.45, 7) is 3.18. The lowest BCUT2D eigenvalue weighted by Crippen LogP contribution is -2.39. The minimum absolute atomic E-state index is 0.0644. The fraction of sp³-hybridized carbons (Fsp3) is 0.292. The first-order valence-electron chi connectivity index (χ1n) is 11.0. The number of furan rings is 1. The Morgan fingerprint density at radius 3 is 2.56 bits per heavy atom. The van der Waals surface area contributed by atoms with E-state index in [-0.39, 0.29) is 11.8 Å². The highest BCUT2D eigenvalue weighted by Gasteiger charge is 2.38. The molecule has 36 heavy (non-hydrogen) atoms. The molecule has 9 nitrogen and oxygen atoms in total. The molecular weight excluding hydrogens is 479 g/mol. The van der Waals surface area contributed by atoms with Crippen LogP contribution in [0.25, 0.3) is 16.8 Å². The van der Waals surface area contributed by atoms with Gasteiger partial charge >= 0.3 is 12.1 Å². The molecule has 0 saturated carbocycles. The van der Waals surface area contributed by atoms with Gasteiger partial charge in [-0.3, -0.25) is 9.78 Å². The maximum Gasteiger partial charge on any atom is 0.490 e. The number of halogens is 3. The second kappa shape index (κ2) is 10.2. The first-order chi connectivity index (χ1) is 17.1. The smallest absolute Gasteiger partial charge is 0.475 e. The Kier molecular flexibility index (Phi) is 7.04. The van der Waals surface area contributed by atoms with Gasteiger partial charge in [0.05, 0.1) is 0 Å². The molecule has 0 aromatic carbocycles. The Bertz CT molecular complexity index is 1370. The highest BCUT2D eigenvalue weighted by Crippen LogP contribution is 2.27. The van der Waals surface area contributed by atoms with Gasteiger partial charge in [-0.15, -0.1) is 0 Å². The quantitative estimate of drug-likeness (QED) is 0.444. The lowest BCUT2D eigenvalue weighted by atomic mass is 9.97. The summed E-state index contributed by atoms with van der Waals surface area (Å²) in [6.07, 6.45) is 2.37. The van der Waals surface area contributed by atoms with Gasteiger partial charge in [0.2, 0.25) is 0 Å². The zero-order valence-corrected chi connectivity index (χ0v) is 19.1. The number of carbonyl (C=O) groups excluding carboxylic acids is 1. The minimum Gasteiger partial charge on any atom is -0.475 e. The zero-order chi connectivity index (χ0) is 25.9. The number of aliphatic carboxylic acids is 1. The summed E-state index contributed by atoms with van der Waals surface area (Å²) in [5.41, 5.74) is 2.88. The number of carboxylic acid groups (broad SMARTS) is 1. The van der Waals surface area contributed by atoms with Crippen molar-refractivity contribution in [1.29, 1.82) is 0 Å². The van der Waals surface area contributed by atoms with Crippen molar-refractivity contribution < 1.29 is 32.3 Å². The third-order valence-corrected chi connectivity index (χ3v) is 5.61. The van der Waals surface area contributed by atoms with Crippen molar-refractivity contribution in [1.82, 2.24) is 24.5 Å². The van der Waals surface area contributed by atoms with E-state index >= 15 is 0 Å². The number of carbonyl (C=O) groups is 2. The number of nitrogens with zero attached hydrogens (tertiary/aromatic N) is 5. The van der Waals surface area contributed by atoms with Crippen LogP contribution in [0.1, 0.15) is 40.9 Å². The summed E-state index contributed by atoms with van der Waals surface area (Å²) in [4.78, 5) is 32.4. The molecule has 12 heteroatoms. The highest BCUT2D eigenvalue weighted by molar-refractivity contribution is 5.91. The molecule has 1 atom stereocenters. The molecule has 0 spiro atoms. The number of alkyl halides is 3. The van der Waals surface area contributed by atoms with Gasteiger partial charge in [0.1, 0.15) is 5.76 Å². The second-order valence-electron chi connectivity index (χ2n) is 8.24. The molecule has 5 rings (SSSR count). The van der Waals surface area contributed by atoms with E-state index in [1.807, 2.05) is 59.1 Å². The summed E-state index contributed by atoms with van der Waals surface area (Å²) in [5, 5.41) is 11.8. The van der Waals surface area contributed by atoms with Gasteiger partial charge < -0.3 is 14.4 Å². The molecule has 1 aliphatic rings. The van der Waals surface area contributed by atoms with Crippen molar-refractivity contribution in [3.05, 3.63) is 72.3 Å². The van der Waals surface area contributed by atoms with E-state index in [4.69, 9.17) is 24.4 Å². The summed E-state index contributed by atoms with van der Waals surface area (Å²) < 4.78 is 39.1. The lowest BCUT2D eigenvalue weighted by Gasteiger charge is -2.30. The molecule has 1 fully saturated rings. The number of aromatic nitrogens is 4. The monoisotopic (exact) mass is 501 g/mol. The predicted molar refractivity (Wildman–Crippen MR) is 121 cm³/mol. The van der Waals surface area contributed by atoms with E-state index in [2.05, 4.69) is 4.98 Å². The molecule has 1 amide bonds.